The summed E-state index contributed by atoms with van der Waals surface area (Å²) in [5.74, 6) is 1.50. The van der Waals surface area contributed by atoms with Crippen molar-refractivity contribution in [2.75, 3.05) is 30.0 Å². The van der Waals surface area contributed by atoms with Gasteiger partial charge in [-0.05, 0) is 56.2 Å². The van der Waals surface area contributed by atoms with E-state index in [1.54, 1.807) is 6.20 Å². The molecule has 164 valence electrons. The molecule has 32 heavy (non-hydrogen) atoms. The molecule has 3 heterocycles. The molecule has 0 radical (unpaired) electrons. The molecule has 2 amide bonds. The van der Waals surface area contributed by atoms with Gasteiger partial charge in [0.25, 0.3) is 0 Å². The minimum Gasteiger partial charge on any atom is -0.377 e. The molecule has 1 aliphatic carbocycles. The molecule has 1 aromatic carbocycles. The highest BCUT2D eigenvalue weighted by molar-refractivity contribution is 5.89. The van der Waals surface area contributed by atoms with Gasteiger partial charge in [0.05, 0.1) is 24.9 Å². The number of aromatic nitrogens is 3. The number of amides is 2. The number of morpholine rings is 1. The number of ether oxygens (including phenoxy) is 1. The Morgan fingerprint density at radius 3 is 2.69 bits per heavy atom. The first-order chi connectivity index (χ1) is 15.7. The Morgan fingerprint density at radius 2 is 1.97 bits per heavy atom. The second-order valence-corrected chi connectivity index (χ2v) is 8.24. The molecule has 1 atom stereocenters. The molecular formula is C24H26N6O2. The number of benzene rings is 1. The van der Waals surface area contributed by atoms with Gasteiger partial charge in [-0.2, -0.15) is 0 Å². The Balaban J connectivity index is 1.45. The highest BCUT2D eigenvalue weighted by Crippen LogP contribution is 2.28. The van der Waals surface area contributed by atoms with Crippen molar-refractivity contribution in [3.8, 4) is 22.6 Å². The smallest absolute Gasteiger partial charge is 0.319 e. The van der Waals surface area contributed by atoms with E-state index in [4.69, 9.17) is 14.7 Å². The van der Waals surface area contributed by atoms with Gasteiger partial charge < -0.3 is 20.3 Å². The van der Waals surface area contributed by atoms with E-state index in [2.05, 4.69) is 27.4 Å². The van der Waals surface area contributed by atoms with E-state index >= 15 is 0 Å². The third-order valence-electron chi connectivity index (χ3n) is 5.65. The van der Waals surface area contributed by atoms with E-state index in [1.807, 2.05) is 48.7 Å². The highest BCUT2D eigenvalue weighted by Gasteiger charge is 2.24. The molecule has 1 saturated carbocycles. The van der Waals surface area contributed by atoms with Gasteiger partial charge in [-0.15, -0.1) is 0 Å². The summed E-state index contributed by atoms with van der Waals surface area (Å²) in [6.07, 6.45) is 5.67. The van der Waals surface area contributed by atoms with Gasteiger partial charge in [0.15, 0.2) is 5.82 Å². The maximum Gasteiger partial charge on any atom is 0.319 e. The normalized spacial score (nSPS) is 18.3. The van der Waals surface area contributed by atoms with E-state index in [0.717, 1.165) is 47.7 Å². The summed E-state index contributed by atoms with van der Waals surface area (Å²) in [7, 11) is 0. The summed E-state index contributed by atoms with van der Waals surface area (Å²) < 4.78 is 5.60. The summed E-state index contributed by atoms with van der Waals surface area (Å²) >= 11 is 0. The molecule has 5 rings (SSSR count). The number of urea groups is 1. The molecule has 2 aromatic heterocycles. The lowest BCUT2D eigenvalue weighted by Gasteiger charge is -2.34. The highest BCUT2D eigenvalue weighted by atomic mass is 16.5. The monoisotopic (exact) mass is 430 g/mol. The van der Waals surface area contributed by atoms with Crippen molar-refractivity contribution in [1.82, 2.24) is 20.3 Å². The molecule has 2 aliphatic rings. The van der Waals surface area contributed by atoms with Gasteiger partial charge in [0.1, 0.15) is 5.82 Å². The number of pyridine rings is 1. The molecule has 2 N–H and O–H groups in total. The van der Waals surface area contributed by atoms with Crippen molar-refractivity contribution in [1.29, 1.82) is 0 Å². The lowest BCUT2D eigenvalue weighted by molar-refractivity contribution is 0.0985. The summed E-state index contributed by atoms with van der Waals surface area (Å²) in [5.41, 5.74) is 3.37. The predicted octanol–water partition coefficient (Wildman–Crippen LogP) is 3.71. The minimum atomic E-state index is -0.168. The number of hydrogen-bond acceptors (Lipinski definition) is 6. The molecule has 3 aromatic rings. The lowest BCUT2D eigenvalue weighted by Crippen LogP contribution is -2.44. The average molecular weight is 431 g/mol. The van der Waals surface area contributed by atoms with Crippen LogP contribution in [0.2, 0.25) is 0 Å². The summed E-state index contributed by atoms with van der Waals surface area (Å²) in [4.78, 5) is 28.2. The van der Waals surface area contributed by atoms with E-state index in [9.17, 15) is 4.79 Å². The van der Waals surface area contributed by atoms with Gasteiger partial charge in [-0.3, -0.25) is 4.98 Å². The van der Waals surface area contributed by atoms with Crippen LogP contribution in [0.3, 0.4) is 0 Å². The molecule has 0 spiro atoms. The van der Waals surface area contributed by atoms with Crippen LogP contribution in [0.15, 0.2) is 54.9 Å². The fourth-order valence-corrected chi connectivity index (χ4v) is 3.72. The number of carbonyl (C=O) groups excluding carboxylic acids is 1. The van der Waals surface area contributed by atoms with Crippen molar-refractivity contribution in [2.24, 2.45) is 0 Å². The first-order valence-corrected chi connectivity index (χ1v) is 11.0. The lowest BCUT2D eigenvalue weighted by atomic mass is 10.1. The number of rotatable bonds is 5. The summed E-state index contributed by atoms with van der Waals surface area (Å²) in [6.45, 7) is 4.26. The quantitative estimate of drug-likeness (QED) is 0.641. The maximum atomic E-state index is 12.0. The average Bonchev–Trinajstić information content (AvgIpc) is 3.64. The van der Waals surface area contributed by atoms with Gasteiger partial charge in [0, 0.05) is 47.9 Å². The SMILES string of the molecule is CC1COCCN1c1cc(-c2cccnc2)nc(-c2ccc(NC(=O)NC3CC3)cc2)n1. The maximum absolute atomic E-state index is 12.0. The molecular weight excluding hydrogens is 404 g/mol. The molecule has 0 bridgehead atoms. The van der Waals surface area contributed by atoms with Crippen LogP contribution < -0.4 is 15.5 Å². The number of hydrogen-bond donors (Lipinski definition) is 2. The van der Waals surface area contributed by atoms with Crippen molar-refractivity contribution in [3.05, 3.63) is 54.9 Å². The number of carbonyl (C=O) groups is 1. The Bertz CT molecular complexity index is 1090. The standard InChI is InChI=1S/C24H26N6O2/c1-16-15-32-12-11-30(16)22-13-21(18-3-2-10-25-14-18)28-23(29-22)17-4-6-19(7-5-17)26-24(31)27-20-8-9-20/h2-7,10,13-14,16,20H,8-9,11-12,15H2,1H3,(H2,26,27,31). The molecule has 1 saturated heterocycles. The Hall–Kier alpha value is -3.52. The van der Waals surface area contributed by atoms with Crippen molar-refractivity contribution in [2.45, 2.75) is 31.8 Å². The molecule has 8 heteroatoms. The fraction of sp³-hybridized carbons (Fsp3) is 0.333. The Kier molecular flexibility index (Phi) is 5.68. The Labute approximate surface area is 187 Å². The largest absolute Gasteiger partial charge is 0.377 e. The third kappa shape index (κ3) is 4.70. The summed E-state index contributed by atoms with van der Waals surface area (Å²) in [5, 5.41) is 5.80. The zero-order valence-electron chi connectivity index (χ0n) is 18.0. The zero-order valence-corrected chi connectivity index (χ0v) is 18.0. The molecule has 1 unspecified atom stereocenters. The van der Waals surface area contributed by atoms with Gasteiger partial charge >= 0.3 is 6.03 Å². The second kappa shape index (κ2) is 8.92. The van der Waals surface area contributed by atoms with E-state index in [1.165, 1.54) is 0 Å². The predicted molar refractivity (Wildman–Crippen MR) is 124 cm³/mol. The number of anilines is 2. The van der Waals surface area contributed by atoms with Gasteiger partial charge in [-0.25, -0.2) is 14.8 Å². The van der Waals surface area contributed by atoms with E-state index in [0.29, 0.717) is 25.1 Å². The first-order valence-electron chi connectivity index (χ1n) is 11.0. The van der Waals surface area contributed by atoms with Crippen LogP contribution in [0, 0.1) is 0 Å². The fourth-order valence-electron chi connectivity index (χ4n) is 3.72. The van der Waals surface area contributed by atoms with Crippen LogP contribution >= 0.6 is 0 Å². The first kappa shape index (κ1) is 20.4. The van der Waals surface area contributed by atoms with Crippen LogP contribution in [0.1, 0.15) is 19.8 Å². The van der Waals surface area contributed by atoms with Crippen LogP contribution in [-0.4, -0.2) is 52.8 Å². The van der Waals surface area contributed by atoms with E-state index in [-0.39, 0.29) is 12.1 Å². The Morgan fingerprint density at radius 1 is 1.12 bits per heavy atom. The van der Waals surface area contributed by atoms with Crippen LogP contribution in [0.4, 0.5) is 16.3 Å². The topological polar surface area (TPSA) is 92.3 Å². The van der Waals surface area contributed by atoms with Crippen LogP contribution in [0.25, 0.3) is 22.6 Å². The van der Waals surface area contributed by atoms with Crippen molar-refractivity contribution in [3.63, 3.8) is 0 Å². The van der Waals surface area contributed by atoms with Crippen LogP contribution in [0.5, 0.6) is 0 Å². The second-order valence-electron chi connectivity index (χ2n) is 8.24. The summed E-state index contributed by atoms with van der Waals surface area (Å²) in [6, 6.07) is 13.9. The van der Waals surface area contributed by atoms with E-state index < -0.39 is 0 Å². The molecule has 8 nitrogen and oxygen atoms in total. The minimum absolute atomic E-state index is 0.168. The number of nitrogens with one attached hydrogen (secondary N) is 2. The van der Waals surface area contributed by atoms with Crippen molar-refractivity contribution >= 4 is 17.5 Å². The molecule has 1 aliphatic heterocycles. The number of nitrogens with zero attached hydrogens (tertiary/aromatic N) is 4. The van der Waals surface area contributed by atoms with Gasteiger partial charge in [-0.1, -0.05) is 0 Å². The molecule has 2 fully saturated rings. The van der Waals surface area contributed by atoms with Crippen LogP contribution in [-0.2, 0) is 4.74 Å². The third-order valence-corrected chi connectivity index (χ3v) is 5.65. The van der Waals surface area contributed by atoms with Gasteiger partial charge in [0.2, 0.25) is 0 Å². The van der Waals surface area contributed by atoms with Crippen molar-refractivity contribution < 1.29 is 9.53 Å². The zero-order chi connectivity index (χ0) is 21.9.